The fourth-order valence-corrected chi connectivity index (χ4v) is 3.08. The van der Waals surface area contributed by atoms with Crippen molar-refractivity contribution in [1.29, 1.82) is 0 Å². The predicted molar refractivity (Wildman–Crippen MR) is 106 cm³/mol. The highest BCUT2D eigenvalue weighted by Crippen LogP contribution is 2.24. The average molecular weight is 368 g/mol. The standard InChI is InChI=1S/C23H28O4/c1-4-12-21(27-23(25)19-15-10-7-11-16-19)17(3)20(5-2)26-22(24)18-13-8-6-9-14-18/h6-11,13-17,20-21H,4-5,12H2,1-3H3. The lowest BCUT2D eigenvalue weighted by Gasteiger charge is -2.30. The van der Waals surface area contributed by atoms with Crippen LogP contribution in [-0.4, -0.2) is 24.1 Å². The summed E-state index contributed by atoms with van der Waals surface area (Å²) in [6.07, 6.45) is 1.62. The van der Waals surface area contributed by atoms with Crippen molar-refractivity contribution in [1.82, 2.24) is 0 Å². The van der Waals surface area contributed by atoms with Gasteiger partial charge in [-0.25, -0.2) is 9.59 Å². The smallest absolute Gasteiger partial charge is 0.338 e. The van der Waals surface area contributed by atoms with Gasteiger partial charge in [-0.1, -0.05) is 63.6 Å². The molecule has 0 radical (unpaired) electrons. The number of ether oxygens (including phenoxy) is 2. The van der Waals surface area contributed by atoms with E-state index in [0.29, 0.717) is 17.5 Å². The van der Waals surface area contributed by atoms with Gasteiger partial charge >= 0.3 is 11.9 Å². The molecular weight excluding hydrogens is 340 g/mol. The molecule has 0 aliphatic carbocycles. The van der Waals surface area contributed by atoms with Gasteiger partial charge in [0.05, 0.1) is 11.1 Å². The van der Waals surface area contributed by atoms with Crippen molar-refractivity contribution in [3.8, 4) is 0 Å². The minimum absolute atomic E-state index is 0.102. The normalized spacial score (nSPS) is 14.0. The molecule has 2 aromatic carbocycles. The first-order chi connectivity index (χ1) is 13.1. The molecule has 27 heavy (non-hydrogen) atoms. The van der Waals surface area contributed by atoms with E-state index in [2.05, 4.69) is 0 Å². The number of rotatable bonds is 9. The fourth-order valence-electron chi connectivity index (χ4n) is 3.08. The molecule has 0 aliphatic rings. The molecule has 0 spiro atoms. The molecule has 0 amide bonds. The molecule has 0 fully saturated rings. The van der Waals surface area contributed by atoms with E-state index in [1.54, 1.807) is 24.3 Å². The summed E-state index contributed by atoms with van der Waals surface area (Å²) in [6.45, 7) is 6.00. The lowest BCUT2D eigenvalue weighted by Crippen LogP contribution is -2.36. The van der Waals surface area contributed by atoms with Crippen LogP contribution in [0.5, 0.6) is 0 Å². The van der Waals surface area contributed by atoms with Crippen LogP contribution in [0.1, 0.15) is 60.7 Å². The monoisotopic (exact) mass is 368 g/mol. The molecule has 3 atom stereocenters. The first-order valence-electron chi connectivity index (χ1n) is 9.58. The Bertz CT molecular complexity index is 712. The maximum absolute atomic E-state index is 12.5. The highest BCUT2D eigenvalue weighted by atomic mass is 16.6. The molecule has 0 aromatic heterocycles. The Kier molecular flexibility index (Phi) is 8.05. The first-order valence-corrected chi connectivity index (χ1v) is 9.58. The second-order valence-corrected chi connectivity index (χ2v) is 6.68. The van der Waals surface area contributed by atoms with Crippen molar-refractivity contribution in [2.45, 2.75) is 52.2 Å². The van der Waals surface area contributed by atoms with Gasteiger partial charge in [-0.05, 0) is 37.1 Å². The van der Waals surface area contributed by atoms with Gasteiger partial charge < -0.3 is 9.47 Å². The van der Waals surface area contributed by atoms with E-state index in [1.807, 2.05) is 57.2 Å². The van der Waals surface area contributed by atoms with Crippen molar-refractivity contribution in [2.75, 3.05) is 0 Å². The fraction of sp³-hybridized carbons (Fsp3) is 0.391. The zero-order valence-electron chi connectivity index (χ0n) is 16.3. The second-order valence-electron chi connectivity index (χ2n) is 6.68. The van der Waals surface area contributed by atoms with Gasteiger partial charge in [0.15, 0.2) is 0 Å². The molecule has 0 bridgehead atoms. The lowest BCUT2D eigenvalue weighted by atomic mass is 9.93. The second kappa shape index (κ2) is 10.5. The van der Waals surface area contributed by atoms with Crippen molar-refractivity contribution >= 4 is 11.9 Å². The largest absolute Gasteiger partial charge is 0.458 e. The Hall–Kier alpha value is -2.62. The van der Waals surface area contributed by atoms with Gasteiger partial charge in [-0.15, -0.1) is 0 Å². The number of carbonyl (C=O) groups excluding carboxylic acids is 2. The van der Waals surface area contributed by atoms with Gasteiger partial charge in [-0.3, -0.25) is 0 Å². The topological polar surface area (TPSA) is 52.6 Å². The van der Waals surface area contributed by atoms with Crippen LogP contribution < -0.4 is 0 Å². The molecule has 0 N–H and O–H groups in total. The van der Waals surface area contributed by atoms with Gasteiger partial charge in [-0.2, -0.15) is 0 Å². The van der Waals surface area contributed by atoms with Gasteiger partial charge in [0.25, 0.3) is 0 Å². The van der Waals surface area contributed by atoms with Crippen LogP contribution in [0, 0.1) is 5.92 Å². The van der Waals surface area contributed by atoms with Crippen molar-refractivity contribution in [2.24, 2.45) is 5.92 Å². The maximum Gasteiger partial charge on any atom is 0.338 e. The molecule has 4 heteroatoms. The SMILES string of the molecule is CCCC(OC(=O)c1ccccc1)C(C)C(CC)OC(=O)c1ccccc1. The molecule has 2 rings (SSSR count). The number of carbonyl (C=O) groups is 2. The summed E-state index contributed by atoms with van der Waals surface area (Å²) in [6, 6.07) is 17.9. The molecule has 144 valence electrons. The number of esters is 2. The quantitative estimate of drug-likeness (QED) is 0.565. The molecule has 0 aliphatic heterocycles. The van der Waals surface area contributed by atoms with Crippen molar-refractivity contribution in [3.63, 3.8) is 0 Å². The van der Waals surface area contributed by atoms with Crippen LogP contribution in [0.4, 0.5) is 0 Å². The van der Waals surface area contributed by atoms with Crippen LogP contribution in [0.15, 0.2) is 60.7 Å². The molecule has 2 aromatic rings. The molecule has 0 heterocycles. The number of hydrogen-bond donors (Lipinski definition) is 0. The van der Waals surface area contributed by atoms with Crippen LogP contribution in [0.2, 0.25) is 0 Å². The van der Waals surface area contributed by atoms with E-state index in [0.717, 1.165) is 12.8 Å². The molecule has 0 saturated carbocycles. The summed E-state index contributed by atoms with van der Waals surface area (Å²) in [5, 5.41) is 0. The molecule has 4 nitrogen and oxygen atoms in total. The Morgan fingerprint density at radius 1 is 0.778 bits per heavy atom. The third-order valence-electron chi connectivity index (χ3n) is 4.68. The number of benzene rings is 2. The van der Waals surface area contributed by atoms with E-state index >= 15 is 0 Å². The highest BCUT2D eigenvalue weighted by Gasteiger charge is 2.30. The van der Waals surface area contributed by atoms with E-state index < -0.39 is 0 Å². The Morgan fingerprint density at radius 3 is 1.63 bits per heavy atom. The summed E-state index contributed by atoms with van der Waals surface area (Å²) >= 11 is 0. The van der Waals surface area contributed by atoms with Crippen molar-refractivity contribution < 1.29 is 19.1 Å². The summed E-state index contributed by atoms with van der Waals surface area (Å²) in [5.41, 5.74) is 1.05. The minimum Gasteiger partial charge on any atom is -0.458 e. The predicted octanol–water partition coefficient (Wildman–Crippen LogP) is 5.28. The van der Waals surface area contributed by atoms with Crippen LogP contribution in [-0.2, 0) is 9.47 Å². The average Bonchev–Trinajstić information content (AvgIpc) is 2.72. The van der Waals surface area contributed by atoms with Crippen LogP contribution >= 0.6 is 0 Å². The van der Waals surface area contributed by atoms with Crippen molar-refractivity contribution in [3.05, 3.63) is 71.8 Å². The number of hydrogen-bond acceptors (Lipinski definition) is 4. The summed E-state index contributed by atoms with van der Waals surface area (Å²) in [4.78, 5) is 24.9. The van der Waals surface area contributed by atoms with E-state index in [1.165, 1.54) is 0 Å². The van der Waals surface area contributed by atoms with Crippen LogP contribution in [0.25, 0.3) is 0 Å². The lowest BCUT2D eigenvalue weighted by molar-refractivity contribution is -0.0314. The van der Waals surface area contributed by atoms with E-state index in [-0.39, 0.29) is 30.1 Å². The minimum atomic E-state index is -0.348. The Balaban J connectivity index is 2.07. The van der Waals surface area contributed by atoms with Gasteiger partial charge in [0.1, 0.15) is 12.2 Å². The molecular formula is C23H28O4. The highest BCUT2D eigenvalue weighted by molar-refractivity contribution is 5.90. The summed E-state index contributed by atoms with van der Waals surface area (Å²) < 4.78 is 11.5. The zero-order chi connectivity index (χ0) is 19.6. The van der Waals surface area contributed by atoms with Crippen LogP contribution in [0.3, 0.4) is 0 Å². The Morgan fingerprint density at radius 2 is 1.22 bits per heavy atom. The first kappa shape index (κ1) is 20.7. The van der Waals surface area contributed by atoms with Gasteiger partial charge in [0, 0.05) is 5.92 Å². The maximum atomic E-state index is 12.5. The summed E-state index contributed by atoms with van der Waals surface area (Å²) in [5.74, 6) is -0.792. The zero-order valence-corrected chi connectivity index (χ0v) is 16.3. The third kappa shape index (κ3) is 5.95. The Labute approximate surface area is 161 Å². The molecule has 0 saturated heterocycles. The van der Waals surface area contributed by atoms with Gasteiger partial charge in [0.2, 0.25) is 0 Å². The third-order valence-corrected chi connectivity index (χ3v) is 4.68. The summed E-state index contributed by atoms with van der Waals surface area (Å²) in [7, 11) is 0. The molecule has 3 unspecified atom stereocenters. The van der Waals surface area contributed by atoms with E-state index in [4.69, 9.17) is 9.47 Å². The van der Waals surface area contributed by atoms with E-state index in [9.17, 15) is 9.59 Å².